The molecule has 0 saturated heterocycles. The summed E-state index contributed by atoms with van der Waals surface area (Å²) in [6, 6.07) is 15.6. The first-order valence-corrected chi connectivity index (χ1v) is 6.67. The summed E-state index contributed by atoms with van der Waals surface area (Å²) < 4.78 is 5.89. The molecule has 1 unspecified atom stereocenters. The van der Waals surface area contributed by atoms with E-state index in [0.29, 0.717) is 6.54 Å². The van der Waals surface area contributed by atoms with Gasteiger partial charge < -0.3 is 20.3 Å². The number of aliphatic hydroxyl groups is 2. The van der Waals surface area contributed by atoms with E-state index in [-0.39, 0.29) is 12.6 Å². The van der Waals surface area contributed by atoms with Crippen molar-refractivity contribution >= 4 is 0 Å². The van der Waals surface area contributed by atoms with Crippen molar-refractivity contribution in [1.82, 2.24) is 5.32 Å². The molecule has 3 rings (SSSR count). The van der Waals surface area contributed by atoms with E-state index in [4.69, 9.17) is 9.84 Å². The zero-order valence-corrected chi connectivity index (χ0v) is 11.0. The Bertz CT molecular complexity index is 554. The fourth-order valence-corrected chi connectivity index (χ4v) is 2.45. The highest BCUT2D eigenvalue weighted by Gasteiger charge is 2.26. The van der Waals surface area contributed by atoms with Crippen LogP contribution in [0, 0.1) is 0 Å². The zero-order valence-electron chi connectivity index (χ0n) is 11.0. The van der Waals surface area contributed by atoms with Gasteiger partial charge in [0.15, 0.2) is 0 Å². The SMILES string of the molecule is OCC(O)CNC1c2ccccc2Oc2ccccc21. The normalized spacial score (nSPS) is 15.1. The van der Waals surface area contributed by atoms with Crippen molar-refractivity contribution in [3.05, 3.63) is 59.7 Å². The zero-order chi connectivity index (χ0) is 13.9. The standard InChI is InChI=1S/C16H17NO3/c18-10-11(19)9-17-16-12-5-1-3-7-14(12)20-15-8-4-2-6-13(15)16/h1-8,11,16-19H,9-10H2. The minimum absolute atomic E-state index is 0.0441. The second-order valence-corrected chi connectivity index (χ2v) is 4.86. The first-order valence-electron chi connectivity index (χ1n) is 6.67. The third kappa shape index (κ3) is 2.41. The number of rotatable bonds is 4. The quantitative estimate of drug-likeness (QED) is 0.794. The van der Waals surface area contributed by atoms with E-state index in [0.717, 1.165) is 22.6 Å². The Morgan fingerprint density at radius 1 is 1.00 bits per heavy atom. The number of nitrogens with one attached hydrogen (secondary N) is 1. The molecule has 1 atom stereocenters. The third-order valence-corrected chi connectivity index (χ3v) is 3.45. The molecule has 0 bridgehead atoms. The molecular formula is C16H17NO3. The predicted molar refractivity (Wildman–Crippen MR) is 75.9 cm³/mol. The Balaban J connectivity index is 1.95. The van der Waals surface area contributed by atoms with Gasteiger partial charge in [0.2, 0.25) is 0 Å². The van der Waals surface area contributed by atoms with Gasteiger partial charge >= 0.3 is 0 Å². The van der Waals surface area contributed by atoms with E-state index < -0.39 is 6.10 Å². The average molecular weight is 271 g/mol. The van der Waals surface area contributed by atoms with E-state index in [9.17, 15) is 5.11 Å². The molecule has 3 N–H and O–H groups in total. The first-order chi connectivity index (χ1) is 9.79. The average Bonchev–Trinajstić information content (AvgIpc) is 2.51. The molecular weight excluding hydrogens is 254 g/mol. The Labute approximate surface area is 117 Å². The number of benzene rings is 2. The maximum absolute atomic E-state index is 9.54. The van der Waals surface area contributed by atoms with Crippen LogP contribution in [0.1, 0.15) is 17.2 Å². The fraction of sp³-hybridized carbons (Fsp3) is 0.250. The molecule has 0 fully saturated rings. The largest absolute Gasteiger partial charge is 0.457 e. The summed E-state index contributed by atoms with van der Waals surface area (Å²) in [5.74, 6) is 1.64. The molecule has 0 saturated carbocycles. The molecule has 104 valence electrons. The summed E-state index contributed by atoms with van der Waals surface area (Å²) in [5.41, 5.74) is 2.08. The lowest BCUT2D eigenvalue weighted by Gasteiger charge is -2.29. The van der Waals surface area contributed by atoms with Crippen LogP contribution in [0.2, 0.25) is 0 Å². The van der Waals surface area contributed by atoms with Crippen LogP contribution in [0.5, 0.6) is 11.5 Å². The third-order valence-electron chi connectivity index (χ3n) is 3.45. The van der Waals surface area contributed by atoms with Crippen molar-refractivity contribution in [3.8, 4) is 11.5 Å². The lowest BCUT2D eigenvalue weighted by molar-refractivity contribution is 0.0926. The molecule has 1 heterocycles. The van der Waals surface area contributed by atoms with Gasteiger partial charge in [-0.15, -0.1) is 0 Å². The Hall–Kier alpha value is -1.88. The number of hydrogen-bond donors (Lipinski definition) is 3. The molecule has 2 aromatic carbocycles. The van der Waals surface area contributed by atoms with Crippen molar-refractivity contribution in [3.63, 3.8) is 0 Å². The van der Waals surface area contributed by atoms with E-state index in [1.165, 1.54) is 0 Å². The van der Waals surface area contributed by atoms with Gasteiger partial charge in [0.25, 0.3) is 0 Å². The van der Waals surface area contributed by atoms with Crippen LogP contribution in [-0.2, 0) is 0 Å². The first kappa shape index (κ1) is 13.1. The lowest BCUT2D eigenvalue weighted by atomic mass is 9.94. The molecule has 0 aromatic heterocycles. The molecule has 1 aliphatic rings. The second kappa shape index (κ2) is 5.63. The highest BCUT2D eigenvalue weighted by atomic mass is 16.5. The van der Waals surface area contributed by atoms with Crippen molar-refractivity contribution in [2.24, 2.45) is 0 Å². The van der Waals surface area contributed by atoms with E-state index in [1.807, 2.05) is 48.5 Å². The Morgan fingerprint density at radius 3 is 2.10 bits per heavy atom. The maximum atomic E-state index is 9.54. The van der Waals surface area contributed by atoms with E-state index in [2.05, 4.69) is 5.32 Å². The molecule has 4 heteroatoms. The van der Waals surface area contributed by atoms with Crippen LogP contribution in [0.4, 0.5) is 0 Å². The molecule has 2 aromatic rings. The molecule has 4 nitrogen and oxygen atoms in total. The van der Waals surface area contributed by atoms with Crippen LogP contribution in [0.25, 0.3) is 0 Å². The Kier molecular flexibility index (Phi) is 3.69. The molecule has 1 aliphatic heterocycles. The summed E-state index contributed by atoms with van der Waals surface area (Å²) >= 11 is 0. The van der Waals surface area contributed by atoms with Crippen molar-refractivity contribution in [1.29, 1.82) is 0 Å². The van der Waals surface area contributed by atoms with Gasteiger partial charge in [0.05, 0.1) is 18.8 Å². The van der Waals surface area contributed by atoms with E-state index in [1.54, 1.807) is 0 Å². The molecule has 0 amide bonds. The number of fused-ring (bicyclic) bond motifs is 2. The fourth-order valence-electron chi connectivity index (χ4n) is 2.45. The summed E-state index contributed by atoms with van der Waals surface area (Å²) in [5, 5.41) is 21.8. The van der Waals surface area contributed by atoms with Gasteiger partial charge in [0.1, 0.15) is 11.5 Å². The van der Waals surface area contributed by atoms with Crippen molar-refractivity contribution in [2.45, 2.75) is 12.1 Å². The van der Waals surface area contributed by atoms with Crippen LogP contribution < -0.4 is 10.1 Å². The van der Waals surface area contributed by atoms with E-state index >= 15 is 0 Å². The van der Waals surface area contributed by atoms with Gasteiger partial charge in [0, 0.05) is 17.7 Å². The topological polar surface area (TPSA) is 61.7 Å². The number of ether oxygens (including phenoxy) is 1. The molecule has 0 spiro atoms. The highest BCUT2D eigenvalue weighted by Crippen LogP contribution is 2.42. The van der Waals surface area contributed by atoms with Gasteiger partial charge in [-0.3, -0.25) is 0 Å². The maximum Gasteiger partial charge on any atom is 0.132 e. The molecule has 20 heavy (non-hydrogen) atoms. The van der Waals surface area contributed by atoms with Gasteiger partial charge in [-0.05, 0) is 12.1 Å². The monoisotopic (exact) mass is 271 g/mol. The summed E-state index contributed by atoms with van der Waals surface area (Å²) in [4.78, 5) is 0. The predicted octanol–water partition coefficient (Wildman–Crippen LogP) is 1.82. The summed E-state index contributed by atoms with van der Waals surface area (Å²) in [7, 11) is 0. The number of aliphatic hydroxyl groups excluding tert-OH is 2. The van der Waals surface area contributed by atoms with Crippen LogP contribution in [-0.4, -0.2) is 29.5 Å². The van der Waals surface area contributed by atoms with Crippen LogP contribution in [0.15, 0.2) is 48.5 Å². The minimum Gasteiger partial charge on any atom is -0.457 e. The van der Waals surface area contributed by atoms with Gasteiger partial charge in [-0.1, -0.05) is 36.4 Å². The molecule has 0 radical (unpaired) electrons. The van der Waals surface area contributed by atoms with Crippen LogP contribution in [0.3, 0.4) is 0 Å². The van der Waals surface area contributed by atoms with Crippen LogP contribution >= 0.6 is 0 Å². The van der Waals surface area contributed by atoms with Gasteiger partial charge in [-0.25, -0.2) is 0 Å². The second-order valence-electron chi connectivity index (χ2n) is 4.86. The minimum atomic E-state index is -0.767. The van der Waals surface area contributed by atoms with Crippen molar-refractivity contribution in [2.75, 3.05) is 13.2 Å². The molecule has 0 aliphatic carbocycles. The highest BCUT2D eigenvalue weighted by molar-refractivity contribution is 5.52. The van der Waals surface area contributed by atoms with Gasteiger partial charge in [-0.2, -0.15) is 0 Å². The summed E-state index contributed by atoms with van der Waals surface area (Å²) in [6.07, 6.45) is -0.767. The smallest absolute Gasteiger partial charge is 0.132 e. The lowest BCUT2D eigenvalue weighted by Crippen LogP contribution is -2.34. The number of hydrogen-bond acceptors (Lipinski definition) is 4. The van der Waals surface area contributed by atoms with Crippen molar-refractivity contribution < 1.29 is 14.9 Å². The number of para-hydroxylation sites is 2. The Morgan fingerprint density at radius 2 is 1.55 bits per heavy atom. The summed E-state index contributed by atoms with van der Waals surface area (Å²) in [6.45, 7) is 0.0728.